The fraction of sp³-hybridized carbons (Fsp3) is 0.364. The van der Waals surface area contributed by atoms with Crippen molar-refractivity contribution in [3.8, 4) is 0 Å². The summed E-state index contributed by atoms with van der Waals surface area (Å²) in [5.74, 6) is -0.551. The van der Waals surface area contributed by atoms with Crippen LogP contribution in [0.5, 0.6) is 0 Å². The lowest BCUT2D eigenvalue weighted by atomic mass is 10.3. The van der Waals surface area contributed by atoms with Crippen molar-refractivity contribution in [1.82, 2.24) is 9.66 Å². The van der Waals surface area contributed by atoms with E-state index < -0.39 is 17.0 Å². The fourth-order valence-electron chi connectivity index (χ4n) is 1.92. The van der Waals surface area contributed by atoms with Crippen molar-refractivity contribution >= 4 is 22.2 Å². The lowest BCUT2D eigenvalue weighted by molar-refractivity contribution is 0.565. The van der Waals surface area contributed by atoms with Gasteiger partial charge in [-0.25, -0.2) is 18.3 Å². The van der Waals surface area contributed by atoms with Crippen molar-refractivity contribution in [3.05, 3.63) is 24.0 Å². The maximum Gasteiger partial charge on any atom is 0.269 e. The van der Waals surface area contributed by atoms with E-state index in [9.17, 15) is 12.5 Å². The molecule has 0 aliphatic carbocycles. The molecule has 0 saturated heterocycles. The van der Waals surface area contributed by atoms with Gasteiger partial charge in [-0.1, -0.05) is 6.07 Å². The first-order valence-electron chi connectivity index (χ1n) is 5.60. The molecule has 1 atom stereocenters. The molecule has 1 heterocycles. The van der Waals surface area contributed by atoms with Gasteiger partial charge < -0.3 is 5.01 Å². The summed E-state index contributed by atoms with van der Waals surface area (Å²) in [6, 6.07) is 4.39. The van der Waals surface area contributed by atoms with Crippen LogP contribution < -0.4 is 5.01 Å². The Morgan fingerprint density at radius 1 is 1.39 bits per heavy atom. The van der Waals surface area contributed by atoms with E-state index in [0.717, 1.165) is 0 Å². The molecule has 98 valence electrons. The van der Waals surface area contributed by atoms with E-state index >= 15 is 0 Å². The number of para-hydroxylation sites is 1. The average molecular weight is 273 g/mol. The molecule has 2 rings (SSSR count). The van der Waals surface area contributed by atoms with Gasteiger partial charge in [0.1, 0.15) is 5.52 Å². The standard InChI is InChI=1S/C11H13F2N3OS/c1-3-15(4-2)16-9-7-5-6-8(12)10(9)14-11(16)18(13)17/h5-7H,3-4H2,1-2H3. The summed E-state index contributed by atoms with van der Waals surface area (Å²) in [4.78, 5) is 3.80. The minimum atomic E-state index is -2.76. The molecule has 0 amide bonds. The van der Waals surface area contributed by atoms with Crippen molar-refractivity contribution in [3.63, 3.8) is 0 Å². The largest absolute Gasteiger partial charge is 0.311 e. The zero-order chi connectivity index (χ0) is 13.3. The van der Waals surface area contributed by atoms with Gasteiger partial charge >= 0.3 is 0 Å². The molecule has 0 radical (unpaired) electrons. The normalized spacial score (nSPS) is 12.9. The molecule has 2 aromatic rings. The van der Waals surface area contributed by atoms with Gasteiger partial charge in [0.15, 0.2) is 5.82 Å². The van der Waals surface area contributed by atoms with Crippen LogP contribution in [0, 0.1) is 5.82 Å². The summed E-state index contributed by atoms with van der Waals surface area (Å²) in [6.45, 7) is 4.89. The highest BCUT2D eigenvalue weighted by atomic mass is 32.2. The van der Waals surface area contributed by atoms with Crippen molar-refractivity contribution < 1.29 is 12.5 Å². The molecule has 1 aromatic carbocycles. The van der Waals surface area contributed by atoms with Gasteiger partial charge in [-0.15, -0.1) is 3.89 Å². The van der Waals surface area contributed by atoms with Crippen LogP contribution in [-0.4, -0.2) is 27.0 Å². The quantitative estimate of drug-likeness (QED) is 0.801. The molecule has 0 aliphatic rings. The van der Waals surface area contributed by atoms with Gasteiger partial charge in [0.2, 0.25) is 0 Å². The second-order valence-electron chi connectivity index (χ2n) is 3.68. The van der Waals surface area contributed by atoms with E-state index in [1.165, 1.54) is 16.8 Å². The lowest BCUT2D eigenvalue weighted by Gasteiger charge is -2.23. The third-order valence-electron chi connectivity index (χ3n) is 2.74. The zero-order valence-corrected chi connectivity index (χ0v) is 10.9. The Bertz CT molecular complexity index is 595. The third kappa shape index (κ3) is 1.98. The number of rotatable bonds is 4. The highest BCUT2D eigenvalue weighted by Crippen LogP contribution is 2.21. The molecule has 0 saturated carbocycles. The predicted octanol–water partition coefficient (Wildman–Crippen LogP) is 2.15. The molecule has 0 N–H and O–H groups in total. The maximum atomic E-state index is 13.6. The number of hydrogen-bond donors (Lipinski definition) is 0. The van der Waals surface area contributed by atoms with E-state index in [-0.39, 0.29) is 10.7 Å². The summed E-state index contributed by atoms with van der Waals surface area (Å²) in [5, 5.41) is 1.46. The van der Waals surface area contributed by atoms with Crippen LogP contribution in [-0.2, 0) is 11.2 Å². The van der Waals surface area contributed by atoms with Crippen molar-refractivity contribution in [2.75, 3.05) is 18.1 Å². The summed E-state index contributed by atoms with van der Waals surface area (Å²) >= 11 is -2.76. The van der Waals surface area contributed by atoms with Gasteiger partial charge in [-0.05, 0) is 26.0 Å². The molecule has 18 heavy (non-hydrogen) atoms. The predicted molar refractivity (Wildman–Crippen MR) is 66.5 cm³/mol. The molecular weight excluding hydrogens is 260 g/mol. The van der Waals surface area contributed by atoms with Crippen LogP contribution >= 0.6 is 0 Å². The second kappa shape index (κ2) is 5.01. The lowest BCUT2D eigenvalue weighted by Crippen LogP contribution is -2.35. The topological polar surface area (TPSA) is 38.1 Å². The van der Waals surface area contributed by atoms with Gasteiger partial charge in [0.25, 0.3) is 16.3 Å². The molecule has 1 aromatic heterocycles. The average Bonchev–Trinajstić information content (AvgIpc) is 2.72. The van der Waals surface area contributed by atoms with Crippen LogP contribution in [0.15, 0.2) is 23.4 Å². The molecule has 0 fully saturated rings. The molecule has 0 aliphatic heterocycles. The van der Waals surface area contributed by atoms with E-state index in [0.29, 0.717) is 18.6 Å². The summed E-state index contributed by atoms with van der Waals surface area (Å²) < 4.78 is 39.2. The number of fused-ring (bicyclic) bond motifs is 1. The summed E-state index contributed by atoms with van der Waals surface area (Å²) in [7, 11) is 0. The number of nitrogens with zero attached hydrogens (tertiary/aromatic N) is 3. The summed E-state index contributed by atoms with van der Waals surface area (Å²) in [6.07, 6.45) is 0. The Hall–Kier alpha value is -1.50. The van der Waals surface area contributed by atoms with Crippen molar-refractivity contribution in [2.24, 2.45) is 0 Å². The molecular formula is C11H13F2N3OS. The molecule has 7 heteroatoms. The monoisotopic (exact) mass is 273 g/mol. The Morgan fingerprint density at radius 2 is 2.06 bits per heavy atom. The van der Waals surface area contributed by atoms with E-state index in [1.54, 1.807) is 11.1 Å². The van der Waals surface area contributed by atoms with E-state index in [2.05, 4.69) is 4.98 Å². The van der Waals surface area contributed by atoms with Crippen LogP contribution in [0.4, 0.5) is 8.28 Å². The highest BCUT2D eigenvalue weighted by molar-refractivity contribution is 7.79. The van der Waals surface area contributed by atoms with Gasteiger partial charge in [-0.3, -0.25) is 0 Å². The minimum absolute atomic E-state index is 0.0328. The fourth-order valence-corrected chi connectivity index (χ4v) is 2.43. The number of imidazole rings is 1. The molecule has 4 nitrogen and oxygen atoms in total. The molecule has 0 spiro atoms. The summed E-state index contributed by atoms with van der Waals surface area (Å²) in [5.41, 5.74) is 0.449. The smallest absolute Gasteiger partial charge is 0.269 e. The van der Waals surface area contributed by atoms with Gasteiger partial charge in [0, 0.05) is 13.1 Å². The van der Waals surface area contributed by atoms with Gasteiger partial charge in [0.05, 0.1) is 5.52 Å². The van der Waals surface area contributed by atoms with Crippen molar-refractivity contribution in [2.45, 2.75) is 19.0 Å². The number of halogens is 2. The Kier molecular flexibility index (Phi) is 3.60. The Labute approximate surface area is 106 Å². The highest BCUT2D eigenvalue weighted by Gasteiger charge is 2.21. The number of hydrogen-bond acceptors (Lipinski definition) is 3. The molecule has 0 bridgehead atoms. The molecule has 1 unspecified atom stereocenters. The second-order valence-corrected chi connectivity index (χ2v) is 4.49. The van der Waals surface area contributed by atoms with E-state index in [4.69, 9.17) is 0 Å². The number of benzene rings is 1. The zero-order valence-electron chi connectivity index (χ0n) is 10.1. The van der Waals surface area contributed by atoms with Crippen LogP contribution in [0.25, 0.3) is 11.0 Å². The maximum absolute atomic E-state index is 13.6. The van der Waals surface area contributed by atoms with Crippen LogP contribution in [0.2, 0.25) is 0 Å². The van der Waals surface area contributed by atoms with Crippen LogP contribution in [0.1, 0.15) is 13.8 Å². The van der Waals surface area contributed by atoms with Gasteiger partial charge in [-0.2, -0.15) is 0 Å². The first-order valence-corrected chi connectivity index (χ1v) is 6.65. The first-order chi connectivity index (χ1) is 8.60. The Morgan fingerprint density at radius 3 is 2.61 bits per heavy atom. The van der Waals surface area contributed by atoms with E-state index in [1.807, 2.05) is 13.8 Å². The SMILES string of the molecule is CCN(CC)n1c(S(=O)F)nc2c(F)cccc21. The Balaban J connectivity index is 2.78. The first kappa shape index (κ1) is 12.9. The third-order valence-corrected chi connectivity index (χ3v) is 3.29. The van der Waals surface area contributed by atoms with Crippen molar-refractivity contribution in [1.29, 1.82) is 0 Å². The number of aromatic nitrogens is 2. The minimum Gasteiger partial charge on any atom is -0.311 e. The van der Waals surface area contributed by atoms with Crippen LogP contribution in [0.3, 0.4) is 0 Å².